The largest absolute Gasteiger partial charge is 0.550 e. The van der Waals surface area contributed by atoms with E-state index in [1.807, 2.05) is 0 Å². The third-order valence-corrected chi connectivity index (χ3v) is 6.61. The lowest BCUT2D eigenvalue weighted by Crippen LogP contribution is -2.50. The van der Waals surface area contributed by atoms with Crippen molar-refractivity contribution < 1.29 is 27.9 Å². The minimum atomic E-state index is -4.64. The Morgan fingerprint density at radius 3 is 2.00 bits per heavy atom. The summed E-state index contributed by atoms with van der Waals surface area (Å²) in [5.41, 5.74) is 0.591. The van der Waals surface area contributed by atoms with E-state index in [4.69, 9.17) is 23.2 Å². The van der Waals surface area contributed by atoms with Gasteiger partial charge in [-0.05, 0) is 74.9 Å². The lowest BCUT2D eigenvalue weighted by molar-refractivity contribution is -0.310. The fourth-order valence-electron chi connectivity index (χ4n) is 4.04. The summed E-state index contributed by atoms with van der Waals surface area (Å²) in [7, 11) is 0. The average Bonchev–Trinajstić information content (AvgIpc) is 2.72. The van der Waals surface area contributed by atoms with Gasteiger partial charge in [0.2, 0.25) is 5.91 Å². The Kier molecular flexibility index (Phi) is 8.93. The van der Waals surface area contributed by atoms with Crippen LogP contribution in [0.15, 0.2) is 36.4 Å². The van der Waals surface area contributed by atoms with Crippen LogP contribution < -0.4 is 10.0 Å². The first-order valence-electron chi connectivity index (χ1n) is 11.1. The van der Waals surface area contributed by atoms with Crippen LogP contribution in [0.2, 0.25) is 10.0 Å². The number of aliphatic carboxylic acids is 1. The van der Waals surface area contributed by atoms with Gasteiger partial charge in [0, 0.05) is 16.5 Å². The van der Waals surface area contributed by atoms with Crippen molar-refractivity contribution >= 4 is 40.8 Å². The van der Waals surface area contributed by atoms with E-state index in [1.165, 1.54) is 42.2 Å². The van der Waals surface area contributed by atoms with Gasteiger partial charge in [-0.2, -0.15) is 13.2 Å². The SMILES string of the molecule is Cc1c(C[C@H](C)C(=O)[O-])ccc(Cl)c1N(C(=O)[C@H](c1ccc(Cl)cc1)[C@@H](C)C(F)(F)F)C(C)(C)C. The molecule has 35 heavy (non-hydrogen) atoms. The molecule has 0 unspecified atom stereocenters. The highest BCUT2D eigenvalue weighted by molar-refractivity contribution is 6.34. The highest BCUT2D eigenvalue weighted by atomic mass is 35.5. The average molecular weight is 531 g/mol. The number of carboxylic acids is 1. The van der Waals surface area contributed by atoms with Crippen LogP contribution in [0, 0.1) is 18.8 Å². The van der Waals surface area contributed by atoms with Crippen LogP contribution in [0.4, 0.5) is 18.9 Å². The third kappa shape index (κ3) is 6.70. The molecular weight excluding hydrogens is 502 g/mol. The number of carboxylic acid groups (broad SMARTS) is 1. The number of amides is 1. The first-order chi connectivity index (χ1) is 16.0. The number of benzene rings is 2. The van der Waals surface area contributed by atoms with Gasteiger partial charge in [-0.25, -0.2) is 0 Å². The quantitative estimate of drug-likeness (QED) is 0.419. The Hall–Kier alpha value is -2.25. The second-order valence-corrected chi connectivity index (χ2v) is 10.7. The lowest BCUT2D eigenvalue weighted by Gasteiger charge is -2.41. The van der Waals surface area contributed by atoms with Gasteiger partial charge in [-0.3, -0.25) is 4.79 Å². The fraction of sp³-hybridized carbons (Fsp3) is 0.462. The molecule has 0 bridgehead atoms. The van der Waals surface area contributed by atoms with Gasteiger partial charge >= 0.3 is 6.18 Å². The molecule has 3 atom stereocenters. The zero-order valence-corrected chi connectivity index (χ0v) is 22.0. The van der Waals surface area contributed by atoms with Gasteiger partial charge < -0.3 is 14.8 Å². The van der Waals surface area contributed by atoms with E-state index in [9.17, 15) is 27.9 Å². The minimum absolute atomic E-state index is 0.115. The van der Waals surface area contributed by atoms with Gasteiger partial charge in [-0.15, -0.1) is 0 Å². The zero-order chi connectivity index (χ0) is 26.9. The van der Waals surface area contributed by atoms with Crippen LogP contribution in [-0.2, 0) is 16.0 Å². The normalized spacial score (nSPS) is 14.8. The molecule has 0 aliphatic rings. The number of nitrogens with zero attached hydrogens (tertiary/aromatic N) is 1. The van der Waals surface area contributed by atoms with Crippen molar-refractivity contribution in [3.05, 3.63) is 63.1 Å². The van der Waals surface area contributed by atoms with E-state index in [0.29, 0.717) is 16.1 Å². The molecule has 0 saturated carbocycles. The number of anilines is 1. The number of hydrogen-bond donors (Lipinski definition) is 0. The van der Waals surface area contributed by atoms with Crippen LogP contribution in [0.3, 0.4) is 0 Å². The van der Waals surface area contributed by atoms with Crippen molar-refractivity contribution in [2.24, 2.45) is 11.8 Å². The molecule has 9 heteroatoms. The molecule has 4 nitrogen and oxygen atoms in total. The molecule has 0 aliphatic heterocycles. The predicted molar refractivity (Wildman–Crippen MR) is 131 cm³/mol. The summed E-state index contributed by atoms with van der Waals surface area (Å²) >= 11 is 12.5. The van der Waals surface area contributed by atoms with Crippen LogP contribution in [0.1, 0.15) is 57.2 Å². The molecular formula is C26H29Cl2F3NO3-. The molecule has 2 aromatic rings. The number of hydrogen-bond acceptors (Lipinski definition) is 3. The van der Waals surface area contributed by atoms with E-state index < -0.39 is 41.3 Å². The summed E-state index contributed by atoms with van der Waals surface area (Å²) < 4.78 is 41.8. The van der Waals surface area contributed by atoms with Crippen LogP contribution in [-0.4, -0.2) is 23.6 Å². The van der Waals surface area contributed by atoms with Gasteiger partial charge in [-0.1, -0.05) is 55.2 Å². The number of carbonyl (C=O) groups is 2. The summed E-state index contributed by atoms with van der Waals surface area (Å²) in [5.74, 6) is -6.38. The van der Waals surface area contributed by atoms with E-state index >= 15 is 0 Å². The van der Waals surface area contributed by atoms with Gasteiger partial charge in [0.15, 0.2) is 0 Å². The monoisotopic (exact) mass is 530 g/mol. The Bertz CT molecular complexity index is 1080. The summed E-state index contributed by atoms with van der Waals surface area (Å²) in [6, 6.07) is 8.91. The third-order valence-electron chi connectivity index (χ3n) is 6.05. The molecule has 1 amide bonds. The molecule has 0 spiro atoms. The Morgan fingerprint density at radius 2 is 1.54 bits per heavy atom. The molecule has 0 heterocycles. The summed E-state index contributed by atoms with van der Waals surface area (Å²) in [6.45, 7) is 9.26. The molecule has 0 radical (unpaired) electrons. The topological polar surface area (TPSA) is 60.4 Å². The van der Waals surface area contributed by atoms with Crippen LogP contribution in [0.5, 0.6) is 0 Å². The summed E-state index contributed by atoms with van der Waals surface area (Å²) in [4.78, 5) is 26.6. The van der Waals surface area contributed by atoms with E-state index in [-0.39, 0.29) is 22.7 Å². The Morgan fingerprint density at radius 1 is 1.00 bits per heavy atom. The number of alkyl halides is 3. The van der Waals surface area contributed by atoms with Crippen LogP contribution in [0.25, 0.3) is 0 Å². The second kappa shape index (κ2) is 10.8. The highest BCUT2D eigenvalue weighted by Crippen LogP contribution is 2.43. The lowest BCUT2D eigenvalue weighted by atomic mass is 9.83. The molecule has 2 aromatic carbocycles. The van der Waals surface area contributed by atoms with Crippen molar-refractivity contribution in [3.8, 4) is 0 Å². The minimum Gasteiger partial charge on any atom is -0.550 e. The van der Waals surface area contributed by atoms with Gasteiger partial charge in [0.05, 0.1) is 22.5 Å². The predicted octanol–water partition coefficient (Wildman–Crippen LogP) is 6.34. The maximum Gasteiger partial charge on any atom is 0.392 e. The standard InChI is InChI=1S/C26H30Cl2F3NO3/c1-14(24(34)35)13-18-9-12-20(28)22(15(18)2)32(25(4,5)6)23(33)21(16(3)26(29,30)31)17-7-10-19(27)11-8-17/h7-12,14,16,21H,13H2,1-6H3,(H,34,35)/p-1/t14-,16+,21-/m0/s1. The Labute approximate surface area is 214 Å². The molecule has 192 valence electrons. The Balaban J connectivity index is 2.74. The molecule has 0 N–H and O–H groups in total. The van der Waals surface area contributed by atoms with Gasteiger partial charge in [0.1, 0.15) is 0 Å². The van der Waals surface area contributed by atoms with Crippen molar-refractivity contribution in [2.75, 3.05) is 4.90 Å². The van der Waals surface area contributed by atoms with Crippen LogP contribution >= 0.6 is 23.2 Å². The molecule has 0 saturated heterocycles. The molecule has 0 aromatic heterocycles. The number of carbonyl (C=O) groups excluding carboxylic acids is 2. The smallest absolute Gasteiger partial charge is 0.392 e. The highest BCUT2D eigenvalue weighted by Gasteiger charge is 2.48. The first-order valence-corrected chi connectivity index (χ1v) is 11.9. The number of rotatable bonds is 7. The van der Waals surface area contributed by atoms with Crippen molar-refractivity contribution in [1.82, 2.24) is 0 Å². The van der Waals surface area contributed by atoms with Crippen molar-refractivity contribution in [2.45, 2.75) is 65.6 Å². The zero-order valence-electron chi connectivity index (χ0n) is 20.5. The second-order valence-electron chi connectivity index (χ2n) is 9.81. The van der Waals surface area contributed by atoms with E-state index in [1.54, 1.807) is 33.8 Å². The maximum absolute atomic E-state index is 14.0. The molecule has 0 aliphatic carbocycles. The van der Waals surface area contributed by atoms with E-state index in [0.717, 1.165) is 6.92 Å². The first kappa shape index (κ1) is 29.0. The summed E-state index contributed by atoms with van der Waals surface area (Å²) in [5, 5.41) is 11.8. The van der Waals surface area contributed by atoms with Crippen molar-refractivity contribution in [1.29, 1.82) is 0 Å². The maximum atomic E-state index is 14.0. The molecule has 0 fully saturated rings. The fourth-order valence-corrected chi connectivity index (χ4v) is 4.45. The van der Waals surface area contributed by atoms with Crippen molar-refractivity contribution in [3.63, 3.8) is 0 Å². The van der Waals surface area contributed by atoms with Gasteiger partial charge in [0.25, 0.3) is 0 Å². The number of halogens is 5. The summed E-state index contributed by atoms with van der Waals surface area (Å²) in [6.07, 6.45) is -4.53. The van der Waals surface area contributed by atoms with E-state index in [2.05, 4.69) is 0 Å². The molecule has 2 rings (SSSR count).